The number of anilines is 1. The zero-order chi connectivity index (χ0) is 20.6. The second-order valence-corrected chi connectivity index (χ2v) is 9.84. The summed E-state index contributed by atoms with van der Waals surface area (Å²) in [6, 6.07) is 4.05. The molecule has 0 bridgehead atoms. The molecular weight excluding hydrogens is 460 g/mol. The molecule has 0 aromatic heterocycles. The fraction of sp³-hybridized carbons (Fsp3) is 0.667. The van der Waals surface area contributed by atoms with E-state index in [1.54, 1.807) is 4.90 Å². The van der Waals surface area contributed by atoms with Crippen molar-refractivity contribution in [2.45, 2.75) is 63.3 Å². The zero-order valence-corrected chi connectivity index (χ0v) is 19.0. The lowest BCUT2D eigenvalue weighted by Gasteiger charge is -2.37. The molecule has 8 heteroatoms. The first-order valence-electron chi connectivity index (χ1n) is 10.4. The Labute approximate surface area is 185 Å². The SMILES string of the molecule is C[C@]1(COC2CCCCO2)C[C@H](N2CCCc3cc(Cl)cc(Br)c32)CN1C(=O)O. The lowest BCUT2D eigenvalue weighted by molar-refractivity contribution is -0.176. The average molecular weight is 488 g/mol. The van der Waals surface area contributed by atoms with Crippen LogP contribution in [0, 0.1) is 0 Å². The molecule has 3 aliphatic heterocycles. The summed E-state index contributed by atoms with van der Waals surface area (Å²) >= 11 is 9.93. The van der Waals surface area contributed by atoms with E-state index in [0.717, 1.165) is 60.3 Å². The van der Waals surface area contributed by atoms with Gasteiger partial charge in [0.2, 0.25) is 0 Å². The van der Waals surface area contributed by atoms with Crippen molar-refractivity contribution in [1.82, 2.24) is 4.90 Å². The highest BCUT2D eigenvalue weighted by Gasteiger charge is 2.48. The summed E-state index contributed by atoms with van der Waals surface area (Å²) in [6.07, 6.45) is 4.66. The van der Waals surface area contributed by atoms with Gasteiger partial charge in [0.15, 0.2) is 6.29 Å². The quantitative estimate of drug-likeness (QED) is 0.654. The highest BCUT2D eigenvalue weighted by molar-refractivity contribution is 9.10. The molecule has 1 unspecified atom stereocenters. The van der Waals surface area contributed by atoms with Crippen LogP contribution in [0.25, 0.3) is 0 Å². The lowest BCUT2D eigenvalue weighted by Crippen LogP contribution is -2.48. The average Bonchev–Trinajstić information content (AvgIpc) is 3.04. The van der Waals surface area contributed by atoms with Crippen LogP contribution in [0.15, 0.2) is 16.6 Å². The van der Waals surface area contributed by atoms with Crippen molar-refractivity contribution >= 4 is 39.3 Å². The van der Waals surface area contributed by atoms with E-state index in [4.69, 9.17) is 21.1 Å². The predicted molar refractivity (Wildman–Crippen MR) is 116 cm³/mol. The number of fused-ring (bicyclic) bond motifs is 1. The topological polar surface area (TPSA) is 62.2 Å². The molecule has 1 N–H and O–H groups in total. The Morgan fingerprint density at radius 2 is 2.24 bits per heavy atom. The third-order valence-electron chi connectivity index (χ3n) is 6.35. The van der Waals surface area contributed by atoms with Crippen LogP contribution in [0.1, 0.15) is 44.6 Å². The molecule has 0 radical (unpaired) electrons. The van der Waals surface area contributed by atoms with Gasteiger partial charge in [-0.1, -0.05) is 11.6 Å². The van der Waals surface area contributed by atoms with Gasteiger partial charge in [-0.3, -0.25) is 4.90 Å². The number of carboxylic acid groups (broad SMARTS) is 1. The Morgan fingerprint density at radius 3 is 2.97 bits per heavy atom. The maximum absolute atomic E-state index is 12.0. The number of aryl methyl sites for hydroxylation is 1. The van der Waals surface area contributed by atoms with Gasteiger partial charge in [-0.25, -0.2) is 4.79 Å². The third kappa shape index (κ3) is 4.38. The number of amides is 1. The number of benzene rings is 1. The van der Waals surface area contributed by atoms with E-state index in [9.17, 15) is 9.90 Å². The normalized spacial score (nSPS) is 29.8. The van der Waals surface area contributed by atoms with Crippen LogP contribution in [0.2, 0.25) is 5.02 Å². The third-order valence-corrected chi connectivity index (χ3v) is 7.17. The van der Waals surface area contributed by atoms with E-state index in [1.807, 2.05) is 19.1 Å². The number of likely N-dealkylation sites (tertiary alicyclic amines) is 1. The first-order chi connectivity index (χ1) is 13.9. The molecule has 2 saturated heterocycles. The minimum atomic E-state index is -0.893. The second kappa shape index (κ2) is 8.61. The number of ether oxygens (including phenoxy) is 2. The van der Waals surface area contributed by atoms with Crippen LogP contribution >= 0.6 is 27.5 Å². The molecule has 29 heavy (non-hydrogen) atoms. The zero-order valence-electron chi connectivity index (χ0n) is 16.7. The summed E-state index contributed by atoms with van der Waals surface area (Å²) in [5.74, 6) is 0. The van der Waals surface area contributed by atoms with Crippen molar-refractivity contribution in [1.29, 1.82) is 0 Å². The molecule has 160 valence electrons. The van der Waals surface area contributed by atoms with Gasteiger partial charge in [-0.05, 0) is 79.1 Å². The molecule has 2 fully saturated rings. The van der Waals surface area contributed by atoms with E-state index >= 15 is 0 Å². The maximum atomic E-state index is 12.0. The van der Waals surface area contributed by atoms with Gasteiger partial charge in [-0.15, -0.1) is 0 Å². The van der Waals surface area contributed by atoms with Crippen LogP contribution in [-0.2, 0) is 15.9 Å². The smallest absolute Gasteiger partial charge is 0.407 e. The standard InChI is InChI=1S/C21H28BrClN2O4/c1-21(13-29-18-6-2-3-8-28-18)11-16(12-25(21)20(26)27)24-7-4-5-14-9-15(23)10-17(22)19(14)24/h9-10,16,18H,2-8,11-13H2,1H3,(H,26,27)/t16-,18?,21+/m0/s1. The van der Waals surface area contributed by atoms with Crippen molar-refractivity contribution in [3.05, 3.63) is 27.2 Å². The molecular formula is C21H28BrClN2O4. The molecule has 4 rings (SSSR count). The number of rotatable bonds is 4. The van der Waals surface area contributed by atoms with Crippen molar-refractivity contribution < 1.29 is 19.4 Å². The molecule has 3 heterocycles. The molecule has 1 amide bonds. The summed E-state index contributed by atoms with van der Waals surface area (Å²) in [6.45, 7) is 4.44. The van der Waals surface area contributed by atoms with E-state index in [0.29, 0.717) is 19.8 Å². The summed E-state index contributed by atoms with van der Waals surface area (Å²) in [5, 5.41) is 10.6. The van der Waals surface area contributed by atoms with E-state index in [2.05, 4.69) is 20.8 Å². The number of nitrogens with zero attached hydrogens (tertiary/aromatic N) is 2. The first-order valence-corrected chi connectivity index (χ1v) is 11.5. The first kappa shape index (κ1) is 21.2. The highest BCUT2D eigenvalue weighted by Crippen LogP contribution is 2.42. The van der Waals surface area contributed by atoms with E-state index in [1.165, 1.54) is 5.56 Å². The van der Waals surface area contributed by atoms with Gasteiger partial charge >= 0.3 is 6.09 Å². The highest BCUT2D eigenvalue weighted by atomic mass is 79.9. The molecule has 0 saturated carbocycles. The number of hydrogen-bond donors (Lipinski definition) is 1. The van der Waals surface area contributed by atoms with Crippen LogP contribution in [0.5, 0.6) is 0 Å². The number of carbonyl (C=O) groups is 1. The summed E-state index contributed by atoms with van der Waals surface area (Å²) < 4.78 is 12.7. The van der Waals surface area contributed by atoms with Gasteiger partial charge in [0, 0.05) is 35.2 Å². The Balaban J connectivity index is 1.54. The Kier molecular flexibility index (Phi) is 6.30. The molecule has 0 spiro atoms. The minimum Gasteiger partial charge on any atom is -0.465 e. The van der Waals surface area contributed by atoms with Gasteiger partial charge < -0.3 is 19.5 Å². The van der Waals surface area contributed by atoms with Crippen LogP contribution in [-0.4, -0.2) is 60.3 Å². The van der Waals surface area contributed by atoms with Crippen molar-refractivity contribution in [2.75, 3.05) is 31.2 Å². The second-order valence-electron chi connectivity index (χ2n) is 8.55. The monoisotopic (exact) mass is 486 g/mol. The summed E-state index contributed by atoms with van der Waals surface area (Å²) in [4.78, 5) is 16.0. The van der Waals surface area contributed by atoms with Gasteiger partial charge in [-0.2, -0.15) is 0 Å². The molecule has 1 aromatic rings. The number of halogens is 2. The molecule has 1 aromatic carbocycles. The summed E-state index contributed by atoms with van der Waals surface area (Å²) in [7, 11) is 0. The summed E-state index contributed by atoms with van der Waals surface area (Å²) in [5.41, 5.74) is 1.79. The lowest BCUT2D eigenvalue weighted by atomic mass is 9.95. The van der Waals surface area contributed by atoms with Crippen LogP contribution < -0.4 is 4.90 Å². The fourth-order valence-electron chi connectivity index (χ4n) is 4.93. The van der Waals surface area contributed by atoms with Gasteiger partial charge in [0.25, 0.3) is 0 Å². The predicted octanol–water partition coefficient (Wildman–Crippen LogP) is 4.91. The Hall–Kier alpha value is -1.02. The van der Waals surface area contributed by atoms with Crippen molar-refractivity contribution in [3.8, 4) is 0 Å². The Morgan fingerprint density at radius 1 is 1.41 bits per heavy atom. The van der Waals surface area contributed by atoms with Gasteiger partial charge in [0.05, 0.1) is 17.8 Å². The van der Waals surface area contributed by atoms with E-state index in [-0.39, 0.29) is 12.3 Å². The maximum Gasteiger partial charge on any atom is 0.407 e. The van der Waals surface area contributed by atoms with Crippen LogP contribution in [0.3, 0.4) is 0 Å². The van der Waals surface area contributed by atoms with Crippen molar-refractivity contribution in [3.63, 3.8) is 0 Å². The fourth-order valence-corrected chi connectivity index (χ4v) is 6.03. The van der Waals surface area contributed by atoms with Gasteiger partial charge in [0.1, 0.15) is 0 Å². The molecule has 3 atom stereocenters. The molecule has 6 nitrogen and oxygen atoms in total. The molecule has 3 aliphatic rings. The number of hydrogen-bond acceptors (Lipinski definition) is 4. The van der Waals surface area contributed by atoms with Crippen molar-refractivity contribution in [2.24, 2.45) is 0 Å². The largest absolute Gasteiger partial charge is 0.465 e. The van der Waals surface area contributed by atoms with Crippen LogP contribution in [0.4, 0.5) is 10.5 Å². The molecule has 0 aliphatic carbocycles. The Bertz CT molecular complexity index is 773. The van der Waals surface area contributed by atoms with E-state index < -0.39 is 11.6 Å². The minimum absolute atomic E-state index is 0.100.